The van der Waals surface area contributed by atoms with Crippen LogP contribution in [0.2, 0.25) is 0 Å². The van der Waals surface area contributed by atoms with Crippen LogP contribution in [0.5, 0.6) is 0 Å². The highest BCUT2D eigenvalue weighted by Gasteiger charge is 2.45. The van der Waals surface area contributed by atoms with Crippen LogP contribution in [-0.4, -0.2) is 54.0 Å². The number of carboxylic acid groups (broad SMARTS) is 1. The normalized spacial score (nSPS) is 16.6. The van der Waals surface area contributed by atoms with Crippen molar-refractivity contribution in [3.63, 3.8) is 0 Å². The second kappa shape index (κ2) is 9.62. The van der Waals surface area contributed by atoms with Gasteiger partial charge in [-0.15, -0.1) is 0 Å². The molecule has 0 radical (unpaired) electrons. The Morgan fingerprint density at radius 1 is 1.03 bits per heavy atom. The van der Waals surface area contributed by atoms with Crippen molar-refractivity contribution >= 4 is 18.0 Å². The molecule has 8 nitrogen and oxygen atoms in total. The highest BCUT2D eigenvalue weighted by atomic mass is 16.5. The molecule has 0 aliphatic heterocycles. The van der Waals surface area contributed by atoms with Crippen molar-refractivity contribution in [3.8, 4) is 11.1 Å². The van der Waals surface area contributed by atoms with Gasteiger partial charge < -0.3 is 25.6 Å². The van der Waals surface area contributed by atoms with E-state index in [9.17, 15) is 19.5 Å². The zero-order valence-corrected chi connectivity index (χ0v) is 18.3. The summed E-state index contributed by atoms with van der Waals surface area (Å²) >= 11 is 0. The lowest BCUT2D eigenvalue weighted by Gasteiger charge is -2.40. The van der Waals surface area contributed by atoms with Crippen molar-refractivity contribution in [3.05, 3.63) is 59.7 Å². The molecule has 2 aromatic rings. The summed E-state index contributed by atoms with van der Waals surface area (Å²) in [6, 6.07) is 15.0. The summed E-state index contributed by atoms with van der Waals surface area (Å²) in [6.07, 6.45) is 1.23. The van der Waals surface area contributed by atoms with Gasteiger partial charge in [0.1, 0.15) is 12.6 Å². The molecule has 1 saturated carbocycles. The van der Waals surface area contributed by atoms with E-state index in [4.69, 9.17) is 9.84 Å². The second-order valence-corrected chi connectivity index (χ2v) is 8.69. The topological polar surface area (TPSA) is 125 Å². The van der Waals surface area contributed by atoms with Crippen LogP contribution in [0.4, 0.5) is 4.79 Å². The molecule has 0 heterocycles. The number of fused-ring (bicyclic) bond motifs is 3. The highest BCUT2D eigenvalue weighted by molar-refractivity contribution is 5.88. The first-order valence-corrected chi connectivity index (χ1v) is 11.2. The maximum absolute atomic E-state index is 12.7. The largest absolute Gasteiger partial charge is 0.480 e. The van der Waals surface area contributed by atoms with E-state index in [1.807, 2.05) is 36.4 Å². The monoisotopic (exact) mass is 452 g/mol. The van der Waals surface area contributed by atoms with Crippen LogP contribution in [0.25, 0.3) is 11.1 Å². The molecule has 2 amide bonds. The van der Waals surface area contributed by atoms with E-state index in [0.717, 1.165) is 28.7 Å². The molecular weight excluding hydrogens is 424 g/mol. The number of carbonyl (C=O) groups excluding carboxylic acids is 2. The summed E-state index contributed by atoms with van der Waals surface area (Å²) in [5.41, 5.74) is 3.66. The Hall–Kier alpha value is -3.39. The fraction of sp³-hybridized carbons (Fsp3) is 0.400. The lowest BCUT2D eigenvalue weighted by atomic mass is 9.68. The number of aliphatic hydroxyl groups is 1. The predicted molar refractivity (Wildman–Crippen MR) is 121 cm³/mol. The Morgan fingerprint density at radius 2 is 1.64 bits per heavy atom. The first-order valence-electron chi connectivity index (χ1n) is 11.2. The summed E-state index contributed by atoms with van der Waals surface area (Å²) in [5, 5.41) is 23.4. The van der Waals surface area contributed by atoms with Crippen molar-refractivity contribution in [2.45, 2.75) is 37.6 Å². The second-order valence-electron chi connectivity index (χ2n) is 8.69. The van der Waals surface area contributed by atoms with Crippen LogP contribution in [0.3, 0.4) is 0 Å². The lowest BCUT2D eigenvalue weighted by Crippen LogP contribution is -2.56. The number of benzene rings is 2. The van der Waals surface area contributed by atoms with Crippen molar-refractivity contribution in [1.82, 2.24) is 10.6 Å². The molecule has 1 atom stereocenters. The minimum atomic E-state index is -1.20. The van der Waals surface area contributed by atoms with Gasteiger partial charge in [-0.25, -0.2) is 9.59 Å². The van der Waals surface area contributed by atoms with E-state index in [0.29, 0.717) is 12.8 Å². The van der Waals surface area contributed by atoms with Gasteiger partial charge in [-0.05, 0) is 35.1 Å². The van der Waals surface area contributed by atoms with Crippen LogP contribution in [0.1, 0.15) is 42.7 Å². The SMILES string of the molecule is O=C(NCC1(C(=O)NC(CCO)C(=O)O)CCC1)OCC1c2ccccc2-c2ccccc21. The quantitative estimate of drug-likeness (QED) is 0.464. The smallest absolute Gasteiger partial charge is 0.407 e. The summed E-state index contributed by atoms with van der Waals surface area (Å²) in [7, 11) is 0. The number of hydrogen-bond acceptors (Lipinski definition) is 5. The molecule has 0 aromatic heterocycles. The fourth-order valence-corrected chi connectivity index (χ4v) is 4.68. The minimum absolute atomic E-state index is 0.0566. The molecule has 8 heteroatoms. The van der Waals surface area contributed by atoms with E-state index in [2.05, 4.69) is 22.8 Å². The van der Waals surface area contributed by atoms with Gasteiger partial charge in [0.05, 0.1) is 5.41 Å². The van der Waals surface area contributed by atoms with Crippen LogP contribution in [-0.2, 0) is 14.3 Å². The average molecular weight is 453 g/mol. The zero-order valence-electron chi connectivity index (χ0n) is 18.3. The standard InChI is InChI=1S/C25H28N2O6/c28-13-10-21(22(29)30)27-23(31)25(11-5-12-25)15-26-24(32)33-14-20-18-8-3-1-6-16(18)17-7-2-4-9-19(17)20/h1-4,6-9,20-21,28H,5,10-15H2,(H,26,32)(H,27,31)(H,29,30). The van der Waals surface area contributed by atoms with Gasteiger partial charge in [0, 0.05) is 25.5 Å². The van der Waals surface area contributed by atoms with Gasteiger partial charge in [-0.2, -0.15) is 0 Å². The minimum Gasteiger partial charge on any atom is -0.480 e. The summed E-state index contributed by atoms with van der Waals surface area (Å²) in [6.45, 7) is -0.0974. The third-order valence-electron chi connectivity index (χ3n) is 6.73. The molecule has 4 rings (SSSR count). The van der Waals surface area contributed by atoms with E-state index < -0.39 is 29.4 Å². The van der Waals surface area contributed by atoms with Crippen LogP contribution < -0.4 is 10.6 Å². The van der Waals surface area contributed by atoms with Gasteiger partial charge in [-0.3, -0.25) is 4.79 Å². The molecule has 2 aromatic carbocycles. The summed E-state index contributed by atoms with van der Waals surface area (Å²) in [4.78, 5) is 36.5. The third-order valence-corrected chi connectivity index (χ3v) is 6.73. The molecule has 2 aliphatic carbocycles. The van der Waals surface area contributed by atoms with Crippen LogP contribution in [0.15, 0.2) is 48.5 Å². The Kier molecular flexibility index (Phi) is 6.65. The number of nitrogens with one attached hydrogen (secondary N) is 2. The molecule has 0 bridgehead atoms. The molecular formula is C25H28N2O6. The number of hydrogen-bond donors (Lipinski definition) is 4. The van der Waals surface area contributed by atoms with Gasteiger partial charge in [0.15, 0.2) is 0 Å². The lowest BCUT2D eigenvalue weighted by molar-refractivity contribution is -0.146. The van der Waals surface area contributed by atoms with Gasteiger partial charge >= 0.3 is 12.1 Å². The number of aliphatic hydroxyl groups excluding tert-OH is 1. The van der Waals surface area contributed by atoms with Crippen LogP contribution >= 0.6 is 0 Å². The highest BCUT2D eigenvalue weighted by Crippen LogP contribution is 2.44. The van der Waals surface area contributed by atoms with Crippen molar-refractivity contribution < 1.29 is 29.3 Å². The molecule has 2 aliphatic rings. The van der Waals surface area contributed by atoms with Gasteiger partial charge in [0.25, 0.3) is 0 Å². The number of ether oxygens (including phenoxy) is 1. The third kappa shape index (κ3) is 4.57. The van der Waals surface area contributed by atoms with Crippen molar-refractivity contribution in [1.29, 1.82) is 0 Å². The Morgan fingerprint density at radius 3 is 2.15 bits per heavy atom. The predicted octanol–water partition coefficient (Wildman–Crippen LogP) is 2.65. The number of alkyl carbamates (subject to hydrolysis) is 1. The van der Waals surface area contributed by atoms with Crippen molar-refractivity contribution in [2.75, 3.05) is 19.8 Å². The number of rotatable bonds is 9. The zero-order chi connectivity index (χ0) is 23.4. The molecule has 4 N–H and O–H groups in total. The Balaban J connectivity index is 1.35. The van der Waals surface area contributed by atoms with Crippen LogP contribution in [0, 0.1) is 5.41 Å². The maximum atomic E-state index is 12.7. The van der Waals surface area contributed by atoms with Gasteiger partial charge in [-0.1, -0.05) is 55.0 Å². The fourth-order valence-electron chi connectivity index (χ4n) is 4.68. The number of carboxylic acids is 1. The van der Waals surface area contributed by atoms with Crippen molar-refractivity contribution in [2.24, 2.45) is 5.41 Å². The number of aliphatic carboxylic acids is 1. The molecule has 1 unspecified atom stereocenters. The Labute approximate surface area is 192 Å². The number of carbonyl (C=O) groups is 3. The van der Waals surface area contributed by atoms with E-state index >= 15 is 0 Å². The Bertz CT molecular complexity index is 1000. The summed E-state index contributed by atoms with van der Waals surface area (Å²) in [5.74, 6) is -1.68. The molecule has 33 heavy (non-hydrogen) atoms. The first kappa shape index (κ1) is 22.8. The maximum Gasteiger partial charge on any atom is 0.407 e. The van der Waals surface area contributed by atoms with E-state index in [-0.39, 0.29) is 32.1 Å². The number of amides is 2. The van der Waals surface area contributed by atoms with E-state index in [1.54, 1.807) is 0 Å². The van der Waals surface area contributed by atoms with Gasteiger partial charge in [0.2, 0.25) is 5.91 Å². The van der Waals surface area contributed by atoms with E-state index in [1.165, 1.54) is 0 Å². The molecule has 0 saturated heterocycles. The summed E-state index contributed by atoms with van der Waals surface area (Å²) < 4.78 is 5.53. The molecule has 0 spiro atoms. The first-order chi connectivity index (χ1) is 15.9. The molecule has 174 valence electrons. The average Bonchev–Trinajstić information content (AvgIpc) is 3.10. The molecule has 1 fully saturated rings.